The van der Waals surface area contributed by atoms with Gasteiger partial charge in [-0.15, -0.1) is 11.3 Å². The van der Waals surface area contributed by atoms with Crippen molar-refractivity contribution in [1.82, 2.24) is 9.97 Å². The van der Waals surface area contributed by atoms with E-state index in [9.17, 15) is 0 Å². The van der Waals surface area contributed by atoms with Crippen LogP contribution in [0.25, 0.3) is 86.9 Å². The molecular formula is C40H24N2OS. The summed E-state index contributed by atoms with van der Waals surface area (Å²) in [5, 5.41) is 3.63. The average molecular weight is 581 g/mol. The third-order valence-corrected chi connectivity index (χ3v) is 9.65. The van der Waals surface area contributed by atoms with Gasteiger partial charge in [0.05, 0.1) is 0 Å². The lowest BCUT2D eigenvalue weighted by Crippen LogP contribution is -1.88. The zero-order valence-corrected chi connectivity index (χ0v) is 24.4. The highest BCUT2D eigenvalue weighted by Crippen LogP contribution is 2.41. The Bertz CT molecular complexity index is 2490. The van der Waals surface area contributed by atoms with Crippen molar-refractivity contribution in [3.63, 3.8) is 0 Å². The molecule has 9 rings (SSSR count). The SMILES string of the molecule is c1ccc(-c2ccc3c(c2)oc2c(-c4cccc(-c5ccc(-c6cccc7c6sc6ccccc67)cc5)c4)ncnc23)cc1. The standard InChI is InChI=1S/C40H24N2OS/c1-2-8-25(9-3-1)29-20-21-34-35(23-29)43-39-37(41-24-42-38(34)39)30-11-6-10-28(22-30)26-16-18-27(19-17-26)31-13-7-14-33-32-12-4-5-15-36(32)44-40(31)33/h1-24H. The van der Waals surface area contributed by atoms with E-state index in [1.807, 2.05) is 29.5 Å². The predicted octanol–water partition coefficient (Wildman–Crippen LogP) is 11.4. The largest absolute Gasteiger partial charge is 0.452 e. The van der Waals surface area contributed by atoms with E-state index in [-0.39, 0.29) is 0 Å². The lowest BCUT2D eigenvalue weighted by molar-refractivity contribution is 0.667. The maximum absolute atomic E-state index is 6.44. The first-order valence-corrected chi connectivity index (χ1v) is 15.5. The van der Waals surface area contributed by atoms with Crippen LogP contribution in [0, 0.1) is 0 Å². The quantitative estimate of drug-likeness (QED) is 0.208. The first-order chi connectivity index (χ1) is 21.8. The summed E-state index contributed by atoms with van der Waals surface area (Å²) in [5.41, 5.74) is 11.2. The van der Waals surface area contributed by atoms with Gasteiger partial charge in [-0.25, -0.2) is 9.97 Å². The summed E-state index contributed by atoms with van der Waals surface area (Å²) in [6.45, 7) is 0. The normalized spacial score (nSPS) is 11.6. The van der Waals surface area contributed by atoms with Gasteiger partial charge in [0.1, 0.15) is 23.1 Å². The van der Waals surface area contributed by atoms with Gasteiger partial charge in [-0.1, -0.05) is 115 Å². The highest BCUT2D eigenvalue weighted by Gasteiger charge is 2.16. The van der Waals surface area contributed by atoms with E-state index < -0.39 is 0 Å². The van der Waals surface area contributed by atoms with Gasteiger partial charge in [-0.2, -0.15) is 0 Å². The first kappa shape index (κ1) is 25.0. The highest BCUT2D eigenvalue weighted by molar-refractivity contribution is 7.26. The van der Waals surface area contributed by atoms with Crippen LogP contribution in [-0.4, -0.2) is 9.97 Å². The number of aromatic nitrogens is 2. The summed E-state index contributed by atoms with van der Waals surface area (Å²) in [7, 11) is 0. The summed E-state index contributed by atoms with van der Waals surface area (Å²) in [6.07, 6.45) is 1.63. The number of hydrogen-bond donors (Lipinski definition) is 0. The molecule has 0 unspecified atom stereocenters. The molecule has 44 heavy (non-hydrogen) atoms. The van der Waals surface area contributed by atoms with Gasteiger partial charge in [0.2, 0.25) is 0 Å². The van der Waals surface area contributed by atoms with Crippen molar-refractivity contribution >= 4 is 53.6 Å². The molecule has 9 aromatic rings. The van der Waals surface area contributed by atoms with Gasteiger partial charge < -0.3 is 4.42 Å². The molecule has 0 aliphatic heterocycles. The van der Waals surface area contributed by atoms with Crippen molar-refractivity contribution < 1.29 is 4.42 Å². The summed E-state index contributed by atoms with van der Waals surface area (Å²) in [5.74, 6) is 0. The van der Waals surface area contributed by atoms with Crippen molar-refractivity contribution in [2.24, 2.45) is 0 Å². The molecule has 0 aliphatic carbocycles. The second kappa shape index (κ2) is 10.0. The van der Waals surface area contributed by atoms with Crippen molar-refractivity contribution in [1.29, 1.82) is 0 Å². The summed E-state index contributed by atoms with van der Waals surface area (Å²) >= 11 is 1.86. The zero-order chi connectivity index (χ0) is 29.0. The second-order valence-corrected chi connectivity index (χ2v) is 12.1. The Hall–Kier alpha value is -5.58. The second-order valence-electron chi connectivity index (χ2n) is 11.0. The fraction of sp³-hybridized carbons (Fsp3) is 0. The van der Waals surface area contributed by atoms with E-state index in [2.05, 4.69) is 131 Å². The maximum atomic E-state index is 6.44. The molecule has 0 saturated carbocycles. The number of hydrogen-bond acceptors (Lipinski definition) is 4. The van der Waals surface area contributed by atoms with Crippen LogP contribution in [0.1, 0.15) is 0 Å². The summed E-state index contributed by atoms with van der Waals surface area (Å²) < 4.78 is 9.10. The van der Waals surface area contributed by atoms with Gasteiger partial charge in [0.15, 0.2) is 5.58 Å². The molecule has 0 N–H and O–H groups in total. The Balaban J connectivity index is 1.09. The average Bonchev–Trinajstić information content (AvgIpc) is 3.67. The third kappa shape index (κ3) is 4.03. The van der Waals surface area contributed by atoms with Crippen LogP contribution >= 0.6 is 11.3 Å². The number of nitrogens with zero attached hydrogens (tertiary/aromatic N) is 2. The van der Waals surface area contributed by atoms with E-state index in [1.165, 1.54) is 31.3 Å². The highest BCUT2D eigenvalue weighted by atomic mass is 32.1. The van der Waals surface area contributed by atoms with Crippen molar-refractivity contribution in [2.75, 3.05) is 0 Å². The zero-order valence-electron chi connectivity index (χ0n) is 23.6. The molecule has 3 heterocycles. The number of furan rings is 1. The smallest absolute Gasteiger partial charge is 0.180 e. The van der Waals surface area contributed by atoms with Crippen molar-refractivity contribution in [3.05, 3.63) is 146 Å². The molecular weight excluding hydrogens is 557 g/mol. The molecule has 0 bridgehead atoms. The molecule has 0 spiro atoms. The van der Waals surface area contributed by atoms with Crippen LogP contribution in [0.15, 0.2) is 150 Å². The van der Waals surface area contributed by atoms with Crippen LogP contribution in [0.4, 0.5) is 0 Å². The fourth-order valence-electron chi connectivity index (χ4n) is 6.25. The van der Waals surface area contributed by atoms with E-state index in [0.717, 1.165) is 50.0 Å². The molecule has 0 atom stereocenters. The number of fused-ring (bicyclic) bond motifs is 6. The molecule has 0 fully saturated rings. The third-order valence-electron chi connectivity index (χ3n) is 8.43. The van der Waals surface area contributed by atoms with E-state index in [1.54, 1.807) is 6.33 Å². The lowest BCUT2D eigenvalue weighted by atomic mass is 9.97. The van der Waals surface area contributed by atoms with Crippen LogP contribution in [-0.2, 0) is 0 Å². The Kier molecular flexibility index (Phi) is 5.68. The van der Waals surface area contributed by atoms with Gasteiger partial charge >= 0.3 is 0 Å². The van der Waals surface area contributed by atoms with Crippen molar-refractivity contribution in [3.8, 4) is 44.6 Å². The molecule has 206 valence electrons. The summed E-state index contributed by atoms with van der Waals surface area (Å²) in [6, 6.07) is 49.3. The molecule has 3 nitrogen and oxygen atoms in total. The van der Waals surface area contributed by atoms with E-state index in [4.69, 9.17) is 4.42 Å². The molecule has 0 radical (unpaired) electrons. The van der Waals surface area contributed by atoms with Gasteiger partial charge in [-0.05, 0) is 57.6 Å². The first-order valence-electron chi connectivity index (χ1n) is 14.6. The Labute approximate surface area is 257 Å². The van der Waals surface area contributed by atoms with Crippen LogP contribution in [0.3, 0.4) is 0 Å². The molecule has 0 aliphatic rings. The van der Waals surface area contributed by atoms with Gasteiger partial charge in [0, 0.05) is 31.1 Å². The number of rotatable bonds is 4. The Morgan fingerprint density at radius 3 is 2.07 bits per heavy atom. The Morgan fingerprint density at radius 2 is 1.16 bits per heavy atom. The van der Waals surface area contributed by atoms with Crippen LogP contribution in [0.5, 0.6) is 0 Å². The molecule has 6 aromatic carbocycles. The van der Waals surface area contributed by atoms with E-state index in [0.29, 0.717) is 5.58 Å². The Morgan fingerprint density at radius 1 is 0.477 bits per heavy atom. The van der Waals surface area contributed by atoms with Crippen LogP contribution in [0.2, 0.25) is 0 Å². The molecule has 0 saturated heterocycles. The topological polar surface area (TPSA) is 38.9 Å². The number of benzene rings is 6. The van der Waals surface area contributed by atoms with Crippen LogP contribution < -0.4 is 0 Å². The minimum atomic E-state index is 0.705. The van der Waals surface area contributed by atoms with E-state index >= 15 is 0 Å². The lowest BCUT2D eigenvalue weighted by Gasteiger charge is -2.08. The molecule has 3 aromatic heterocycles. The van der Waals surface area contributed by atoms with Gasteiger partial charge in [-0.3, -0.25) is 0 Å². The minimum absolute atomic E-state index is 0.705. The molecule has 4 heteroatoms. The monoisotopic (exact) mass is 580 g/mol. The summed E-state index contributed by atoms with van der Waals surface area (Å²) in [4.78, 5) is 9.29. The molecule has 0 amide bonds. The van der Waals surface area contributed by atoms with Crippen molar-refractivity contribution in [2.45, 2.75) is 0 Å². The van der Waals surface area contributed by atoms with Gasteiger partial charge in [0.25, 0.3) is 0 Å². The number of thiophene rings is 1. The minimum Gasteiger partial charge on any atom is -0.452 e. The maximum Gasteiger partial charge on any atom is 0.180 e. The fourth-order valence-corrected chi connectivity index (χ4v) is 7.49. The predicted molar refractivity (Wildman–Crippen MR) is 184 cm³/mol.